The fourth-order valence-corrected chi connectivity index (χ4v) is 4.04. The van der Waals surface area contributed by atoms with Crippen molar-refractivity contribution in [1.29, 1.82) is 0 Å². The Morgan fingerprint density at radius 2 is 1.76 bits per heavy atom. The molecule has 102 valence electrons. The summed E-state index contributed by atoms with van der Waals surface area (Å²) in [7, 11) is 0. The van der Waals surface area contributed by atoms with Gasteiger partial charge in [0, 0.05) is 17.8 Å². The zero-order chi connectivity index (χ0) is 14.2. The Balaban J connectivity index is 2.06. The van der Waals surface area contributed by atoms with Crippen molar-refractivity contribution in [2.45, 2.75) is 0 Å². The van der Waals surface area contributed by atoms with E-state index in [0.29, 0.717) is 5.95 Å². The molecule has 5 heteroatoms. The molecule has 1 aromatic carbocycles. The number of nitrogens with zero attached hydrogens (tertiary/aromatic N) is 3. The number of halogens is 1. The molecule has 0 bridgehead atoms. The van der Waals surface area contributed by atoms with Gasteiger partial charge in [0.25, 0.3) is 0 Å². The predicted octanol–water partition coefficient (Wildman–Crippen LogP) is 4.75. The molecule has 0 unspecified atom stereocenters. The fourth-order valence-electron chi connectivity index (χ4n) is 2.41. The molecule has 4 aromatic rings. The Hall–Kier alpha value is -1.73. The first-order valence-electron chi connectivity index (χ1n) is 6.46. The maximum Gasteiger partial charge on any atom is 0.234 e. The third-order valence-electron chi connectivity index (χ3n) is 3.29. The van der Waals surface area contributed by atoms with Crippen LogP contribution in [0.1, 0.15) is 0 Å². The van der Waals surface area contributed by atoms with Crippen molar-refractivity contribution >= 4 is 44.8 Å². The van der Waals surface area contributed by atoms with E-state index in [0.717, 1.165) is 11.2 Å². The highest BCUT2D eigenvalue weighted by atomic mass is 127. The van der Waals surface area contributed by atoms with Gasteiger partial charge in [-0.3, -0.25) is 4.57 Å². The van der Waals surface area contributed by atoms with Crippen molar-refractivity contribution in [2.24, 2.45) is 0 Å². The van der Waals surface area contributed by atoms with Crippen molar-refractivity contribution in [3.63, 3.8) is 0 Å². The average molecular weight is 403 g/mol. The lowest BCUT2D eigenvalue weighted by atomic mass is 10.2. The third-order valence-corrected chi connectivity index (χ3v) is 5.20. The Bertz CT molecular complexity index is 912. The molecule has 0 radical (unpaired) electrons. The lowest BCUT2D eigenvalue weighted by Gasteiger charge is -2.07. The van der Waals surface area contributed by atoms with Gasteiger partial charge in [-0.15, -0.1) is 11.3 Å². The summed E-state index contributed by atoms with van der Waals surface area (Å²) in [4.78, 5) is 10.1. The van der Waals surface area contributed by atoms with Crippen LogP contribution in [0.5, 0.6) is 0 Å². The molecule has 0 fully saturated rings. The lowest BCUT2D eigenvalue weighted by Crippen LogP contribution is -2.01. The molecule has 0 aliphatic rings. The van der Waals surface area contributed by atoms with Gasteiger partial charge in [-0.2, -0.15) is 0 Å². The lowest BCUT2D eigenvalue weighted by molar-refractivity contribution is 0.969. The number of para-hydroxylation sites is 1. The first-order valence-corrected chi connectivity index (χ1v) is 8.36. The van der Waals surface area contributed by atoms with Gasteiger partial charge < -0.3 is 0 Å². The second kappa shape index (κ2) is 5.23. The zero-order valence-electron chi connectivity index (χ0n) is 10.9. The molecule has 3 heterocycles. The SMILES string of the molecule is Ic1ccc(-c2cc3ccccc3n2-c2ncccn2)s1. The highest BCUT2D eigenvalue weighted by Crippen LogP contribution is 2.34. The molecule has 0 spiro atoms. The molecule has 0 saturated heterocycles. The summed E-state index contributed by atoms with van der Waals surface area (Å²) in [6.07, 6.45) is 3.55. The molecule has 3 aromatic heterocycles. The summed E-state index contributed by atoms with van der Waals surface area (Å²) < 4.78 is 3.39. The minimum absolute atomic E-state index is 0.706. The number of thiophene rings is 1. The monoisotopic (exact) mass is 403 g/mol. The van der Waals surface area contributed by atoms with Gasteiger partial charge in [0.05, 0.1) is 19.0 Å². The minimum Gasteiger partial charge on any atom is -0.277 e. The van der Waals surface area contributed by atoms with Crippen LogP contribution in [0.2, 0.25) is 0 Å². The van der Waals surface area contributed by atoms with E-state index in [9.17, 15) is 0 Å². The Labute approximate surface area is 139 Å². The van der Waals surface area contributed by atoms with Crippen LogP contribution in [0, 0.1) is 2.88 Å². The maximum absolute atomic E-state index is 4.42. The van der Waals surface area contributed by atoms with Crippen molar-refractivity contribution in [3.8, 4) is 16.5 Å². The van der Waals surface area contributed by atoms with E-state index >= 15 is 0 Å². The number of aromatic nitrogens is 3. The number of benzene rings is 1. The highest BCUT2D eigenvalue weighted by molar-refractivity contribution is 14.1. The minimum atomic E-state index is 0.706. The molecule has 0 aliphatic carbocycles. The Kier molecular flexibility index (Phi) is 3.23. The Morgan fingerprint density at radius 3 is 2.52 bits per heavy atom. The first-order chi connectivity index (χ1) is 10.3. The molecule has 0 atom stereocenters. The summed E-state index contributed by atoms with van der Waals surface area (Å²) in [6, 6.07) is 16.7. The molecule has 0 amide bonds. The summed E-state index contributed by atoms with van der Waals surface area (Å²) in [6.45, 7) is 0. The van der Waals surface area contributed by atoms with E-state index in [1.165, 1.54) is 13.1 Å². The smallest absolute Gasteiger partial charge is 0.234 e. The highest BCUT2D eigenvalue weighted by Gasteiger charge is 2.14. The summed E-state index contributed by atoms with van der Waals surface area (Å²) in [5, 5.41) is 1.20. The summed E-state index contributed by atoms with van der Waals surface area (Å²) in [5.41, 5.74) is 2.26. The van der Waals surface area contributed by atoms with Crippen LogP contribution in [-0.2, 0) is 0 Å². The molecule has 0 aliphatic heterocycles. The van der Waals surface area contributed by atoms with Crippen molar-refractivity contribution < 1.29 is 0 Å². The maximum atomic E-state index is 4.42. The largest absolute Gasteiger partial charge is 0.277 e. The first kappa shape index (κ1) is 13.0. The van der Waals surface area contributed by atoms with Gasteiger partial charge in [0.2, 0.25) is 5.95 Å². The molecule has 3 nitrogen and oxygen atoms in total. The average Bonchev–Trinajstić information content (AvgIpc) is 3.11. The van der Waals surface area contributed by atoms with Gasteiger partial charge in [0.15, 0.2) is 0 Å². The van der Waals surface area contributed by atoms with Crippen molar-refractivity contribution in [2.75, 3.05) is 0 Å². The van der Waals surface area contributed by atoms with Crippen molar-refractivity contribution in [3.05, 3.63) is 63.8 Å². The van der Waals surface area contributed by atoms with E-state index < -0.39 is 0 Å². The molecular formula is C16H10IN3S. The summed E-state index contributed by atoms with van der Waals surface area (Å²) in [5.74, 6) is 0.706. The van der Waals surface area contributed by atoms with Crippen LogP contribution in [0.25, 0.3) is 27.4 Å². The molecule has 4 rings (SSSR count). The normalized spacial score (nSPS) is 11.1. The second-order valence-electron chi connectivity index (χ2n) is 4.58. The van der Waals surface area contributed by atoms with E-state index in [1.807, 2.05) is 12.1 Å². The number of hydrogen-bond donors (Lipinski definition) is 0. The van der Waals surface area contributed by atoms with Gasteiger partial charge in [-0.25, -0.2) is 9.97 Å². The van der Waals surface area contributed by atoms with Crippen LogP contribution in [-0.4, -0.2) is 14.5 Å². The van der Waals surface area contributed by atoms with Crippen LogP contribution < -0.4 is 0 Å². The van der Waals surface area contributed by atoms with E-state index in [4.69, 9.17) is 0 Å². The molecular weight excluding hydrogens is 393 g/mol. The van der Waals surface area contributed by atoms with E-state index in [1.54, 1.807) is 23.7 Å². The quantitative estimate of drug-likeness (QED) is 0.452. The summed E-state index contributed by atoms with van der Waals surface area (Å²) >= 11 is 4.13. The Morgan fingerprint density at radius 1 is 0.952 bits per heavy atom. The third kappa shape index (κ3) is 2.26. The van der Waals surface area contributed by atoms with Crippen molar-refractivity contribution in [1.82, 2.24) is 14.5 Å². The second-order valence-corrected chi connectivity index (χ2v) is 7.55. The number of hydrogen-bond acceptors (Lipinski definition) is 3. The van der Waals surface area contributed by atoms with Crippen LogP contribution in [0.3, 0.4) is 0 Å². The molecule has 21 heavy (non-hydrogen) atoms. The van der Waals surface area contributed by atoms with Crippen LogP contribution >= 0.6 is 33.9 Å². The van der Waals surface area contributed by atoms with Crippen LogP contribution in [0.4, 0.5) is 0 Å². The van der Waals surface area contributed by atoms with Gasteiger partial charge >= 0.3 is 0 Å². The van der Waals surface area contributed by atoms with Crippen LogP contribution in [0.15, 0.2) is 60.9 Å². The molecule has 0 N–H and O–H groups in total. The van der Waals surface area contributed by atoms with E-state index in [-0.39, 0.29) is 0 Å². The van der Waals surface area contributed by atoms with Gasteiger partial charge in [-0.1, -0.05) is 18.2 Å². The van der Waals surface area contributed by atoms with E-state index in [2.05, 4.69) is 73.5 Å². The fraction of sp³-hybridized carbons (Fsp3) is 0. The van der Waals surface area contributed by atoms with Gasteiger partial charge in [-0.05, 0) is 52.9 Å². The topological polar surface area (TPSA) is 30.7 Å². The van der Waals surface area contributed by atoms with Gasteiger partial charge in [0.1, 0.15) is 0 Å². The number of rotatable bonds is 2. The molecule has 0 saturated carbocycles. The standard InChI is InChI=1S/C16H10IN3S/c17-15-7-6-14(21-15)13-10-11-4-1-2-5-12(11)20(13)16-18-8-3-9-19-16/h1-10H. The predicted molar refractivity (Wildman–Crippen MR) is 94.9 cm³/mol. The zero-order valence-corrected chi connectivity index (χ0v) is 13.9. The number of fused-ring (bicyclic) bond motifs is 1.